The van der Waals surface area contributed by atoms with Crippen molar-refractivity contribution in [3.63, 3.8) is 0 Å². The first-order chi connectivity index (χ1) is 6.24. The standard InChI is InChI=1S/C13H22/c1-8(2)12-6-9-3-10-5-11(4-9)13(12)7-10/h8-13H,3-7H2,1-2H3. The minimum absolute atomic E-state index is 0.951. The number of fused-ring (bicyclic) bond motifs is 2. The van der Waals surface area contributed by atoms with E-state index in [4.69, 9.17) is 0 Å². The summed E-state index contributed by atoms with van der Waals surface area (Å²) < 4.78 is 0. The zero-order valence-electron chi connectivity index (χ0n) is 9.00. The first kappa shape index (κ1) is 8.32. The average molecular weight is 178 g/mol. The van der Waals surface area contributed by atoms with Gasteiger partial charge in [-0.15, -0.1) is 0 Å². The number of rotatable bonds is 1. The molecule has 0 aromatic carbocycles. The van der Waals surface area contributed by atoms with E-state index in [0.29, 0.717) is 0 Å². The van der Waals surface area contributed by atoms with Crippen LogP contribution in [-0.4, -0.2) is 0 Å². The maximum atomic E-state index is 2.45. The maximum absolute atomic E-state index is 2.45. The summed E-state index contributed by atoms with van der Waals surface area (Å²) in [6, 6.07) is 0. The highest BCUT2D eigenvalue weighted by Crippen LogP contribution is 2.58. The summed E-state index contributed by atoms with van der Waals surface area (Å²) in [6.45, 7) is 4.89. The molecule has 0 radical (unpaired) electrons. The summed E-state index contributed by atoms with van der Waals surface area (Å²) in [5.41, 5.74) is 0. The Morgan fingerprint density at radius 3 is 2.23 bits per heavy atom. The first-order valence-electron chi connectivity index (χ1n) is 6.24. The van der Waals surface area contributed by atoms with Crippen LogP contribution in [0.5, 0.6) is 0 Å². The molecule has 5 atom stereocenters. The van der Waals surface area contributed by atoms with Gasteiger partial charge in [-0.05, 0) is 67.6 Å². The lowest BCUT2D eigenvalue weighted by molar-refractivity contribution is 0.0876. The van der Waals surface area contributed by atoms with Crippen molar-refractivity contribution in [2.75, 3.05) is 0 Å². The molecule has 0 saturated heterocycles. The maximum Gasteiger partial charge on any atom is -0.0352 e. The lowest BCUT2D eigenvalue weighted by Crippen LogP contribution is -2.32. The predicted octanol–water partition coefficient (Wildman–Crippen LogP) is 3.71. The summed E-state index contributed by atoms with van der Waals surface area (Å²) in [7, 11) is 0. The van der Waals surface area contributed by atoms with E-state index < -0.39 is 0 Å². The highest BCUT2D eigenvalue weighted by Gasteiger charge is 2.49. The number of hydrogen-bond donors (Lipinski definition) is 0. The third-order valence-electron chi connectivity index (χ3n) is 5.16. The summed E-state index contributed by atoms with van der Waals surface area (Å²) in [4.78, 5) is 0. The summed E-state index contributed by atoms with van der Waals surface area (Å²) >= 11 is 0. The van der Waals surface area contributed by atoms with Crippen molar-refractivity contribution < 1.29 is 0 Å². The molecule has 74 valence electrons. The van der Waals surface area contributed by atoms with Gasteiger partial charge in [-0.25, -0.2) is 0 Å². The fourth-order valence-electron chi connectivity index (χ4n) is 4.78. The highest BCUT2D eigenvalue weighted by atomic mass is 14.5. The molecule has 0 N–H and O–H groups in total. The Hall–Kier alpha value is 0. The van der Waals surface area contributed by atoms with E-state index in [-0.39, 0.29) is 0 Å². The molecular weight excluding hydrogens is 156 g/mol. The lowest BCUT2D eigenvalue weighted by atomic mass is 9.64. The van der Waals surface area contributed by atoms with Gasteiger partial charge < -0.3 is 0 Å². The van der Waals surface area contributed by atoms with Crippen LogP contribution in [0.2, 0.25) is 0 Å². The molecular formula is C13H22. The van der Waals surface area contributed by atoms with Gasteiger partial charge in [0, 0.05) is 0 Å². The molecule has 3 aliphatic carbocycles. The van der Waals surface area contributed by atoms with Gasteiger partial charge in [0.15, 0.2) is 0 Å². The highest BCUT2D eigenvalue weighted by molar-refractivity contribution is 4.99. The Bertz CT molecular complexity index is 204. The molecule has 0 heteroatoms. The van der Waals surface area contributed by atoms with Crippen LogP contribution in [0, 0.1) is 35.5 Å². The molecule has 3 aliphatic rings. The van der Waals surface area contributed by atoms with Gasteiger partial charge in [-0.1, -0.05) is 13.8 Å². The Kier molecular flexibility index (Phi) is 1.76. The smallest absolute Gasteiger partial charge is 0.0352 e. The molecule has 0 nitrogen and oxygen atoms in total. The quantitative estimate of drug-likeness (QED) is 0.574. The predicted molar refractivity (Wildman–Crippen MR) is 55.4 cm³/mol. The molecule has 0 amide bonds. The summed E-state index contributed by atoms with van der Waals surface area (Å²) in [5, 5.41) is 0. The second-order valence-corrected chi connectivity index (χ2v) is 6.24. The molecule has 3 rings (SSSR count). The Labute approximate surface area is 82.1 Å². The van der Waals surface area contributed by atoms with Gasteiger partial charge >= 0.3 is 0 Å². The van der Waals surface area contributed by atoms with E-state index in [9.17, 15) is 0 Å². The zero-order valence-corrected chi connectivity index (χ0v) is 9.00. The van der Waals surface area contributed by atoms with Crippen molar-refractivity contribution in [1.82, 2.24) is 0 Å². The van der Waals surface area contributed by atoms with E-state index in [1.165, 1.54) is 0 Å². The van der Waals surface area contributed by atoms with Crippen LogP contribution in [0.3, 0.4) is 0 Å². The second kappa shape index (κ2) is 2.74. The minimum Gasteiger partial charge on any atom is -0.0625 e. The number of hydrogen-bond acceptors (Lipinski definition) is 0. The molecule has 13 heavy (non-hydrogen) atoms. The molecule has 3 fully saturated rings. The molecule has 0 aromatic rings. The third kappa shape index (κ3) is 1.17. The van der Waals surface area contributed by atoms with Gasteiger partial charge in [0.25, 0.3) is 0 Å². The van der Waals surface area contributed by atoms with E-state index >= 15 is 0 Å². The van der Waals surface area contributed by atoms with E-state index in [1.54, 1.807) is 32.1 Å². The summed E-state index contributed by atoms with van der Waals surface area (Å²) in [6.07, 6.45) is 7.98. The van der Waals surface area contributed by atoms with Gasteiger partial charge in [-0.3, -0.25) is 0 Å². The van der Waals surface area contributed by atoms with Crippen LogP contribution >= 0.6 is 0 Å². The fourth-order valence-corrected chi connectivity index (χ4v) is 4.78. The molecule has 0 spiro atoms. The molecule has 3 bridgehead atoms. The second-order valence-electron chi connectivity index (χ2n) is 6.24. The van der Waals surface area contributed by atoms with Crippen LogP contribution in [0.4, 0.5) is 0 Å². The van der Waals surface area contributed by atoms with Crippen molar-refractivity contribution >= 4 is 0 Å². The largest absolute Gasteiger partial charge is 0.0625 e. The monoisotopic (exact) mass is 178 g/mol. The van der Waals surface area contributed by atoms with Crippen molar-refractivity contribution in [2.45, 2.75) is 46.0 Å². The first-order valence-corrected chi connectivity index (χ1v) is 6.24. The van der Waals surface area contributed by atoms with Crippen molar-refractivity contribution in [1.29, 1.82) is 0 Å². The topological polar surface area (TPSA) is 0 Å². The SMILES string of the molecule is CC(C)C1CC2CC3CC(C2)C1C3. The Morgan fingerprint density at radius 1 is 0.846 bits per heavy atom. The van der Waals surface area contributed by atoms with Gasteiger partial charge in [0.1, 0.15) is 0 Å². The van der Waals surface area contributed by atoms with Crippen LogP contribution in [0.1, 0.15) is 46.0 Å². The van der Waals surface area contributed by atoms with Gasteiger partial charge in [0.05, 0.1) is 0 Å². The van der Waals surface area contributed by atoms with E-state index in [1.807, 2.05) is 0 Å². The summed E-state index contributed by atoms with van der Waals surface area (Å²) in [5.74, 6) is 6.63. The molecule has 0 aliphatic heterocycles. The Morgan fingerprint density at radius 2 is 1.54 bits per heavy atom. The van der Waals surface area contributed by atoms with Gasteiger partial charge in [-0.2, -0.15) is 0 Å². The van der Waals surface area contributed by atoms with Gasteiger partial charge in [0.2, 0.25) is 0 Å². The zero-order chi connectivity index (χ0) is 9.00. The molecule has 5 unspecified atom stereocenters. The van der Waals surface area contributed by atoms with E-state index in [0.717, 1.165) is 35.5 Å². The molecule has 3 saturated carbocycles. The van der Waals surface area contributed by atoms with Crippen LogP contribution < -0.4 is 0 Å². The Balaban J connectivity index is 1.87. The van der Waals surface area contributed by atoms with Crippen LogP contribution in [-0.2, 0) is 0 Å². The lowest BCUT2D eigenvalue weighted by Gasteiger charge is -2.41. The third-order valence-corrected chi connectivity index (χ3v) is 5.16. The van der Waals surface area contributed by atoms with Crippen molar-refractivity contribution in [3.05, 3.63) is 0 Å². The average Bonchev–Trinajstić information content (AvgIpc) is 2.27. The van der Waals surface area contributed by atoms with Crippen molar-refractivity contribution in [2.24, 2.45) is 35.5 Å². The molecule has 0 aromatic heterocycles. The van der Waals surface area contributed by atoms with Crippen LogP contribution in [0.15, 0.2) is 0 Å². The normalized spacial score (nSPS) is 53.3. The minimum atomic E-state index is 0.951. The van der Waals surface area contributed by atoms with E-state index in [2.05, 4.69) is 13.8 Å². The fraction of sp³-hybridized carbons (Fsp3) is 1.00. The molecule has 0 heterocycles. The van der Waals surface area contributed by atoms with Crippen molar-refractivity contribution in [3.8, 4) is 0 Å². The van der Waals surface area contributed by atoms with Crippen LogP contribution in [0.25, 0.3) is 0 Å².